The van der Waals surface area contributed by atoms with Gasteiger partial charge in [-0.3, -0.25) is 4.79 Å². The Kier molecular flexibility index (Phi) is 15.1. The molecule has 0 aromatic rings. The first-order valence-electron chi connectivity index (χ1n) is 9.64. The molecule has 25 heavy (non-hydrogen) atoms. The van der Waals surface area contributed by atoms with E-state index in [0.717, 1.165) is 19.3 Å². The van der Waals surface area contributed by atoms with E-state index in [0.29, 0.717) is 6.42 Å². The molecule has 0 aliphatic carbocycles. The number of aliphatic carboxylic acids is 1. The number of aliphatic hydroxyl groups is 1. The molecule has 0 saturated heterocycles. The fourth-order valence-corrected chi connectivity index (χ4v) is 2.61. The molecule has 0 saturated carbocycles. The summed E-state index contributed by atoms with van der Waals surface area (Å²) in [4.78, 5) is 32.7. The number of carbonyl (C=O) groups excluding carboxylic acids is 2. The second kappa shape index (κ2) is 16.1. The third-order valence-electron chi connectivity index (χ3n) is 4.16. The third kappa shape index (κ3) is 14.6. The van der Waals surface area contributed by atoms with Crippen LogP contribution in [0.25, 0.3) is 0 Å². The van der Waals surface area contributed by atoms with Gasteiger partial charge < -0.3 is 14.9 Å². The maximum absolute atomic E-state index is 11.3. The van der Waals surface area contributed by atoms with Gasteiger partial charge >= 0.3 is 17.9 Å². The highest BCUT2D eigenvalue weighted by Crippen LogP contribution is 2.13. The zero-order valence-corrected chi connectivity index (χ0v) is 15.5. The van der Waals surface area contributed by atoms with Crippen molar-refractivity contribution in [1.82, 2.24) is 0 Å². The molecule has 1 unspecified atom stereocenters. The van der Waals surface area contributed by atoms with Gasteiger partial charge in [0.15, 0.2) is 0 Å². The van der Waals surface area contributed by atoms with Crippen molar-refractivity contribution in [3.63, 3.8) is 0 Å². The number of unbranched alkanes of at least 4 members (excludes halogenated alkanes) is 12. The van der Waals surface area contributed by atoms with Crippen molar-refractivity contribution in [2.45, 2.75) is 103 Å². The van der Waals surface area contributed by atoms with Gasteiger partial charge in [-0.2, -0.15) is 0 Å². The summed E-state index contributed by atoms with van der Waals surface area (Å²) in [5.74, 6) is -3.93. The van der Waals surface area contributed by atoms with Gasteiger partial charge in [-0.25, -0.2) is 9.59 Å². The molecule has 0 amide bonds. The predicted molar refractivity (Wildman–Crippen MR) is 95.1 cm³/mol. The average Bonchev–Trinajstić information content (AvgIpc) is 2.58. The van der Waals surface area contributed by atoms with E-state index in [2.05, 4.69) is 11.7 Å². The second-order valence-corrected chi connectivity index (χ2v) is 6.53. The van der Waals surface area contributed by atoms with Crippen LogP contribution >= 0.6 is 0 Å². The smallest absolute Gasteiger partial charge is 0.354 e. The maximum Gasteiger partial charge on any atom is 0.354 e. The van der Waals surface area contributed by atoms with E-state index < -0.39 is 24.0 Å². The topological polar surface area (TPSA) is 101 Å². The number of carboxylic acids is 1. The van der Waals surface area contributed by atoms with E-state index in [4.69, 9.17) is 10.2 Å². The Hall–Kier alpha value is -1.43. The van der Waals surface area contributed by atoms with Crippen LogP contribution in [0.15, 0.2) is 0 Å². The highest BCUT2D eigenvalue weighted by Gasteiger charge is 2.26. The lowest BCUT2D eigenvalue weighted by molar-refractivity contribution is -0.171. The molecule has 2 N–H and O–H groups in total. The van der Waals surface area contributed by atoms with Crippen molar-refractivity contribution in [2.75, 3.05) is 0 Å². The molecule has 0 aromatic carbocycles. The third-order valence-corrected chi connectivity index (χ3v) is 4.16. The van der Waals surface area contributed by atoms with Gasteiger partial charge in [0.05, 0.1) is 0 Å². The molecule has 0 rings (SSSR count). The van der Waals surface area contributed by atoms with Gasteiger partial charge in [-0.15, -0.1) is 0 Å². The molecule has 146 valence electrons. The Morgan fingerprint density at radius 1 is 0.760 bits per heavy atom. The van der Waals surface area contributed by atoms with Gasteiger partial charge in [0, 0.05) is 6.42 Å². The molecule has 0 radical (unpaired) electrons. The van der Waals surface area contributed by atoms with E-state index in [-0.39, 0.29) is 6.42 Å². The van der Waals surface area contributed by atoms with Crippen LogP contribution in [-0.2, 0) is 19.1 Å². The number of ether oxygens (including phenoxy) is 1. The number of hydrogen-bond donors (Lipinski definition) is 2. The summed E-state index contributed by atoms with van der Waals surface area (Å²) in [7, 11) is 0. The van der Waals surface area contributed by atoms with E-state index >= 15 is 0 Å². The van der Waals surface area contributed by atoms with Gasteiger partial charge in [-0.1, -0.05) is 84.0 Å². The minimum atomic E-state index is -2.30. The number of carbonyl (C=O) groups is 3. The van der Waals surface area contributed by atoms with Crippen LogP contribution in [0.5, 0.6) is 0 Å². The van der Waals surface area contributed by atoms with Gasteiger partial charge in [-0.05, 0) is 6.42 Å². The Morgan fingerprint density at radius 2 is 1.16 bits per heavy atom. The van der Waals surface area contributed by atoms with Crippen molar-refractivity contribution in [1.29, 1.82) is 0 Å². The minimum absolute atomic E-state index is 0.0653. The van der Waals surface area contributed by atoms with E-state index in [1.165, 1.54) is 57.8 Å². The molecular weight excluding hydrogens is 324 g/mol. The van der Waals surface area contributed by atoms with E-state index in [1.807, 2.05) is 0 Å². The van der Waals surface area contributed by atoms with Crippen LogP contribution in [-0.4, -0.2) is 34.2 Å². The molecule has 0 aliphatic rings. The zero-order valence-electron chi connectivity index (χ0n) is 15.5. The minimum Gasteiger partial charge on any atom is -0.479 e. The van der Waals surface area contributed by atoms with Gasteiger partial charge in [0.2, 0.25) is 6.10 Å². The first-order valence-corrected chi connectivity index (χ1v) is 9.64. The van der Waals surface area contributed by atoms with Crippen molar-refractivity contribution < 1.29 is 29.3 Å². The molecule has 0 heterocycles. The number of aliphatic hydroxyl groups excluding tert-OH is 1. The normalized spacial score (nSPS) is 11.9. The molecule has 0 bridgehead atoms. The fraction of sp³-hybridized carbons (Fsp3) is 0.842. The molecule has 0 spiro atoms. The Balaban J connectivity index is 3.37. The van der Waals surface area contributed by atoms with Crippen LogP contribution in [0.3, 0.4) is 0 Å². The van der Waals surface area contributed by atoms with Gasteiger partial charge in [0.25, 0.3) is 0 Å². The Labute approximate surface area is 150 Å². The summed E-state index contributed by atoms with van der Waals surface area (Å²) >= 11 is 0. The molecule has 6 nitrogen and oxygen atoms in total. The summed E-state index contributed by atoms with van der Waals surface area (Å²) in [6.07, 6.45) is 13.2. The highest BCUT2D eigenvalue weighted by molar-refractivity contribution is 6.00. The van der Waals surface area contributed by atoms with Crippen LogP contribution in [0.2, 0.25) is 0 Å². The van der Waals surface area contributed by atoms with Crippen molar-refractivity contribution in [2.24, 2.45) is 0 Å². The lowest BCUT2D eigenvalue weighted by Gasteiger charge is -2.05. The van der Waals surface area contributed by atoms with Crippen molar-refractivity contribution in [3.8, 4) is 0 Å². The molecule has 6 heteroatoms. The Morgan fingerprint density at radius 3 is 1.56 bits per heavy atom. The zero-order chi connectivity index (χ0) is 18.9. The molecule has 0 fully saturated rings. The van der Waals surface area contributed by atoms with Crippen LogP contribution in [0.4, 0.5) is 0 Å². The second-order valence-electron chi connectivity index (χ2n) is 6.53. The number of esters is 2. The lowest BCUT2D eigenvalue weighted by atomic mass is 10.0. The van der Waals surface area contributed by atoms with E-state index in [1.54, 1.807) is 0 Å². The maximum atomic E-state index is 11.3. The standard InChI is InChI=1S/C19H34O6/c1-2-3-4-5-6-7-8-9-10-11-12-13-14-15-16(20)25-19(24)17(21)18(22)23/h17,21H,2-15H2,1H3,(H,22,23). The first-order chi connectivity index (χ1) is 12.0. The monoisotopic (exact) mass is 358 g/mol. The molecule has 0 aromatic heterocycles. The molecule has 1 atom stereocenters. The highest BCUT2D eigenvalue weighted by atomic mass is 16.6. The summed E-state index contributed by atoms with van der Waals surface area (Å²) in [6.45, 7) is 2.23. The van der Waals surface area contributed by atoms with Crippen LogP contribution in [0.1, 0.15) is 96.8 Å². The first kappa shape index (κ1) is 23.6. The van der Waals surface area contributed by atoms with Crippen molar-refractivity contribution in [3.05, 3.63) is 0 Å². The molecular formula is C19H34O6. The lowest BCUT2D eigenvalue weighted by Crippen LogP contribution is -2.32. The van der Waals surface area contributed by atoms with Crippen LogP contribution < -0.4 is 0 Å². The van der Waals surface area contributed by atoms with E-state index in [9.17, 15) is 14.4 Å². The number of rotatable bonds is 16. The van der Waals surface area contributed by atoms with Gasteiger partial charge in [0.1, 0.15) is 0 Å². The average molecular weight is 358 g/mol. The summed E-state index contributed by atoms with van der Waals surface area (Å²) in [6, 6.07) is 0. The van der Waals surface area contributed by atoms with Crippen LogP contribution in [0, 0.1) is 0 Å². The summed E-state index contributed by atoms with van der Waals surface area (Å²) in [5, 5.41) is 17.3. The van der Waals surface area contributed by atoms with Crippen molar-refractivity contribution >= 4 is 17.9 Å². The molecule has 0 aliphatic heterocycles. The number of carboxylic acid groups (broad SMARTS) is 1. The largest absolute Gasteiger partial charge is 0.479 e. The summed E-state index contributed by atoms with van der Waals surface area (Å²) < 4.78 is 4.27. The Bertz CT molecular complexity index is 380. The SMILES string of the molecule is CCCCCCCCCCCCCCCC(=O)OC(=O)C(O)C(=O)O. The summed E-state index contributed by atoms with van der Waals surface area (Å²) in [5.41, 5.74) is 0. The quantitative estimate of drug-likeness (QED) is 0.246. The predicted octanol–water partition coefficient (Wildman–Crippen LogP) is 3.98. The fourth-order valence-electron chi connectivity index (χ4n) is 2.61. The number of hydrogen-bond acceptors (Lipinski definition) is 5.